The van der Waals surface area contributed by atoms with Gasteiger partial charge in [-0.25, -0.2) is 4.79 Å². The number of fused-ring (bicyclic) bond motifs is 1. The highest BCUT2D eigenvalue weighted by molar-refractivity contribution is 6.04. The van der Waals surface area contributed by atoms with Crippen LogP contribution in [0.25, 0.3) is 10.9 Å². The number of benzene rings is 1. The van der Waals surface area contributed by atoms with E-state index >= 15 is 0 Å². The summed E-state index contributed by atoms with van der Waals surface area (Å²) in [7, 11) is 1.86. The van der Waals surface area contributed by atoms with Crippen LogP contribution in [0.1, 0.15) is 35.8 Å². The minimum Gasteiger partial charge on any atom is -0.478 e. The Morgan fingerprint density at radius 1 is 1.44 bits per heavy atom. The third-order valence-electron chi connectivity index (χ3n) is 3.09. The fourth-order valence-corrected chi connectivity index (χ4v) is 2.32. The van der Waals surface area contributed by atoms with Crippen molar-refractivity contribution in [1.82, 2.24) is 9.88 Å². The molecule has 0 amide bonds. The summed E-state index contributed by atoms with van der Waals surface area (Å²) in [6.07, 6.45) is 2.04. The van der Waals surface area contributed by atoms with E-state index in [2.05, 4.69) is 23.7 Å². The van der Waals surface area contributed by atoms with Crippen molar-refractivity contribution in [3.63, 3.8) is 0 Å². The predicted octanol–water partition coefficient (Wildman–Crippen LogP) is 2.64. The number of carbonyl (C=O) groups is 1. The Morgan fingerprint density at radius 2 is 2.17 bits per heavy atom. The summed E-state index contributed by atoms with van der Waals surface area (Å²) < 4.78 is 2.12. The number of nitrogens with zero attached hydrogens (tertiary/aromatic N) is 1. The molecule has 0 saturated carbocycles. The third-order valence-corrected chi connectivity index (χ3v) is 3.09. The second kappa shape index (κ2) is 4.82. The first kappa shape index (κ1) is 12.6. The molecule has 18 heavy (non-hydrogen) atoms. The Labute approximate surface area is 106 Å². The van der Waals surface area contributed by atoms with Crippen LogP contribution in [0.3, 0.4) is 0 Å². The van der Waals surface area contributed by atoms with E-state index in [0.717, 1.165) is 16.5 Å². The first-order valence-corrected chi connectivity index (χ1v) is 6.06. The summed E-state index contributed by atoms with van der Waals surface area (Å²) in [4.78, 5) is 11.3. The predicted molar refractivity (Wildman–Crippen MR) is 72.0 cm³/mol. The van der Waals surface area contributed by atoms with Gasteiger partial charge in [0.1, 0.15) is 0 Å². The minimum atomic E-state index is -0.876. The van der Waals surface area contributed by atoms with E-state index in [-0.39, 0.29) is 0 Å². The summed E-state index contributed by atoms with van der Waals surface area (Å²) >= 11 is 0. The maximum Gasteiger partial charge on any atom is 0.336 e. The van der Waals surface area contributed by atoms with Crippen molar-refractivity contribution in [1.29, 1.82) is 0 Å². The van der Waals surface area contributed by atoms with Crippen molar-refractivity contribution in [3.05, 3.63) is 35.5 Å². The van der Waals surface area contributed by atoms with E-state index in [9.17, 15) is 9.90 Å². The lowest BCUT2D eigenvalue weighted by atomic mass is 10.1. The molecule has 2 N–H and O–H groups in total. The first-order valence-electron chi connectivity index (χ1n) is 6.06. The van der Waals surface area contributed by atoms with Crippen LogP contribution >= 0.6 is 0 Å². The zero-order valence-corrected chi connectivity index (χ0v) is 10.9. The number of carboxylic acid groups (broad SMARTS) is 1. The number of nitrogens with one attached hydrogen (secondary N) is 1. The van der Waals surface area contributed by atoms with Gasteiger partial charge in [0.05, 0.1) is 5.56 Å². The molecule has 0 radical (unpaired) electrons. The number of aromatic carboxylic acids is 1. The van der Waals surface area contributed by atoms with E-state index in [1.54, 1.807) is 12.1 Å². The summed E-state index contributed by atoms with van der Waals surface area (Å²) in [6.45, 7) is 4.85. The monoisotopic (exact) mass is 246 g/mol. The molecular weight excluding hydrogens is 228 g/mol. The lowest BCUT2D eigenvalue weighted by Crippen LogP contribution is -2.06. The molecule has 2 rings (SSSR count). The fourth-order valence-electron chi connectivity index (χ4n) is 2.32. The standard InChI is InChI=1S/C14H18N2O2/c1-9(2)16-8-10(7-15-3)13-11(14(17)18)5-4-6-12(13)16/h4-6,8-9,15H,7H2,1-3H3,(H,17,18). The Balaban J connectivity index is 2.78. The Hall–Kier alpha value is -1.81. The van der Waals surface area contributed by atoms with Crippen LogP contribution in [-0.2, 0) is 6.54 Å². The van der Waals surface area contributed by atoms with Crippen molar-refractivity contribution in [2.24, 2.45) is 0 Å². The van der Waals surface area contributed by atoms with Gasteiger partial charge in [0, 0.05) is 29.7 Å². The second-order valence-corrected chi connectivity index (χ2v) is 4.69. The zero-order valence-electron chi connectivity index (χ0n) is 10.9. The van der Waals surface area contributed by atoms with Crippen molar-refractivity contribution >= 4 is 16.9 Å². The van der Waals surface area contributed by atoms with Crippen molar-refractivity contribution in [2.75, 3.05) is 7.05 Å². The van der Waals surface area contributed by atoms with Crippen molar-refractivity contribution in [3.8, 4) is 0 Å². The molecule has 4 nitrogen and oxygen atoms in total. The molecule has 1 aromatic carbocycles. The van der Waals surface area contributed by atoms with Gasteiger partial charge in [-0.2, -0.15) is 0 Å². The molecule has 4 heteroatoms. The number of carboxylic acids is 1. The molecule has 1 aromatic heterocycles. The highest BCUT2D eigenvalue weighted by Crippen LogP contribution is 2.28. The molecule has 0 aliphatic carbocycles. The summed E-state index contributed by atoms with van der Waals surface area (Å²) in [5.41, 5.74) is 2.38. The normalized spacial score (nSPS) is 11.3. The van der Waals surface area contributed by atoms with Crippen LogP contribution in [0.5, 0.6) is 0 Å². The number of aromatic nitrogens is 1. The van der Waals surface area contributed by atoms with E-state index in [1.807, 2.05) is 19.3 Å². The summed E-state index contributed by atoms with van der Waals surface area (Å²) in [5.74, 6) is -0.876. The van der Waals surface area contributed by atoms with Gasteiger partial charge in [0.15, 0.2) is 0 Å². The molecule has 0 aliphatic rings. The van der Waals surface area contributed by atoms with Gasteiger partial charge in [-0.15, -0.1) is 0 Å². The SMILES string of the molecule is CNCc1cn(C(C)C)c2cccc(C(=O)O)c12. The van der Waals surface area contributed by atoms with Gasteiger partial charge in [-0.1, -0.05) is 6.07 Å². The van der Waals surface area contributed by atoms with Gasteiger partial charge in [-0.05, 0) is 38.6 Å². The number of hydrogen-bond donors (Lipinski definition) is 2. The topological polar surface area (TPSA) is 54.3 Å². The Morgan fingerprint density at radius 3 is 2.72 bits per heavy atom. The van der Waals surface area contributed by atoms with Crippen LogP contribution in [0.4, 0.5) is 0 Å². The van der Waals surface area contributed by atoms with Gasteiger partial charge in [0.2, 0.25) is 0 Å². The van der Waals surface area contributed by atoms with Gasteiger partial charge in [-0.3, -0.25) is 0 Å². The molecule has 0 bridgehead atoms. The van der Waals surface area contributed by atoms with Crippen LogP contribution in [-0.4, -0.2) is 22.7 Å². The van der Waals surface area contributed by atoms with Gasteiger partial charge in [0.25, 0.3) is 0 Å². The van der Waals surface area contributed by atoms with Crippen LogP contribution < -0.4 is 5.32 Å². The minimum absolute atomic E-state index is 0.308. The van der Waals surface area contributed by atoms with Crippen LogP contribution in [0.15, 0.2) is 24.4 Å². The maximum absolute atomic E-state index is 11.3. The fraction of sp³-hybridized carbons (Fsp3) is 0.357. The Bertz CT molecular complexity index is 585. The summed E-state index contributed by atoms with van der Waals surface area (Å²) in [5, 5.41) is 13.2. The smallest absolute Gasteiger partial charge is 0.336 e. The molecule has 96 valence electrons. The van der Waals surface area contributed by atoms with Crippen LogP contribution in [0.2, 0.25) is 0 Å². The van der Waals surface area contributed by atoms with Crippen molar-refractivity contribution in [2.45, 2.75) is 26.4 Å². The number of hydrogen-bond acceptors (Lipinski definition) is 2. The van der Waals surface area contributed by atoms with E-state index in [4.69, 9.17) is 0 Å². The molecule has 0 aliphatic heterocycles. The highest BCUT2D eigenvalue weighted by atomic mass is 16.4. The quantitative estimate of drug-likeness (QED) is 0.872. The second-order valence-electron chi connectivity index (χ2n) is 4.69. The molecule has 1 heterocycles. The van der Waals surface area contributed by atoms with Gasteiger partial charge >= 0.3 is 5.97 Å². The third kappa shape index (κ3) is 1.99. The van der Waals surface area contributed by atoms with E-state index < -0.39 is 5.97 Å². The maximum atomic E-state index is 11.3. The molecule has 0 unspecified atom stereocenters. The molecule has 0 spiro atoms. The molecular formula is C14H18N2O2. The highest BCUT2D eigenvalue weighted by Gasteiger charge is 2.16. The molecule has 2 aromatic rings. The zero-order chi connectivity index (χ0) is 13.3. The number of rotatable bonds is 4. The van der Waals surface area contributed by atoms with Crippen LogP contribution in [0, 0.1) is 0 Å². The van der Waals surface area contributed by atoms with Gasteiger partial charge < -0.3 is 15.0 Å². The van der Waals surface area contributed by atoms with Crippen molar-refractivity contribution < 1.29 is 9.90 Å². The average Bonchev–Trinajstić information content (AvgIpc) is 2.69. The van der Waals surface area contributed by atoms with E-state index in [1.165, 1.54) is 0 Å². The summed E-state index contributed by atoms with van der Waals surface area (Å²) in [6, 6.07) is 5.74. The molecule has 0 atom stereocenters. The Kier molecular flexibility index (Phi) is 3.39. The molecule has 0 saturated heterocycles. The lowest BCUT2D eigenvalue weighted by molar-refractivity contribution is 0.0699. The lowest BCUT2D eigenvalue weighted by Gasteiger charge is -2.09. The molecule has 0 fully saturated rings. The first-order chi connectivity index (χ1) is 8.56. The average molecular weight is 246 g/mol. The van der Waals surface area contributed by atoms with E-state index in [0.29, 0.717) is 18.2 Å². The largest absolute Gasteiger partial charge is 0.478 e.